The highest BCUT2D eigenvalue weighted by atomic mass is 32.2. The van der Waals surface area contributed by atoms with Crippen molar-refractivity contribution in [2.24, 2.45) is 0 Å². The first-order valence-corrected chi connectivity index (χ1v) is 5.27. The maximum atomic E-state index is 10.6. The predicted molar refractivity (Wildman–Crippen MR) is 58.6 cm³/mol. The second kappa shape index (κ2) is 4.96. The van der Waals surface area contributed by atoms with E-state index < -0.39 is 4.92 Å². The maximum Gasteiger partial charge on any atom is 0.274 e. The van der Waals surface area contributed by atoms with Crippen LogP contribution in [0.2, 0.25) is 0 Å². The molecule has 7 heteroatoms. The molecule has 0 saturated carbocycles. The van der Waals surface area contributed by atoms with Gasteiger partial charge >= 0.3 is 0 Å². The minimum absolute atomic E-state index is 0.0227. The molecular weight excluding hydrogens is 218 g/mol. The molecule has 0 spiro atoms. The second-order valence-electron chi connectivity index (χ2n) is 2.83. The molecule has 0 radical (unpaired) electrons. The van der Waals surface area contributed by atoms with Crippen LogP contribution in [0.15, 0.2) is 18.2 Å². The van der Waals surface area contributed by atoms with Gasteiger partial charge in [0.1, 0.15) is 0 Å². The van der Waals surface area contributed by atoms with E-state index in [0.717, 1.165) is 16.5 Å². The fraction of sp³-hybridized carbons (Fsp3) is 0.250. The molecule has 0 heterocycles. The first kappa shape index (κ1) is 11.8. The van der Waals surface area contributed by atoms with Crippen LogP contribution in [-0.2, 0) is 0 Å². The molecule has 15 heavy (non-hydrogen) atoms. The summed E-state index contributed by atoms with van der Waals surface area (Å²) >= 11 is 1.05. The van der Waals surface area contributed by atoms with E-state index in [-0.39, 0.29) is 5.69 Å². The molecule has 2 N–H and O–H groups in total. The van der Waals surface area contributed by atoms with E-state index in [4.69, 9.17) is 5.21 Å². The summed E-state index contributed by atoms with van der Waals surface area (Å²) in [6.07, 6.45) is 1.66. The van der Waals surface area contributed by atoms with E-state index in [1.54, 1.807) is 25.3 Å². The lowest BCUT2D eigenvalue weighted by Gasteiger charge is -2.13. The Hall–Kier alpha value is -1.31. The maximum absolute atomic E-state index is 10.6. The van der Waals surface area contributed by atoms with Crippen LogP contribution in [-0.4, -0.2) is 21.0 Å². The minimum atomic E-state index is -0.457. The number of aryl methyl sites for hydroxylation is 1. The molecule has 0 aliphatic carbocycles. The van der Waals surface area contributed by atoms with Gasteiger partial charge in [0.2, 0.25) is 0 Å². The van der Waals surface area contributed by atoms with E-state index in [0.29, 0.717) is 11.3 Å². The van der Waals surface area contributed by atoms with Crippen molar-refractivity contribution in [3.05, 3.63) is 33.9 Å². The number of hydrogen-bond donors (Lipinski definition) is 2. The first-order valence-electron chi connectivity index (χ1n) is 4.09. The van der Waals surface area contributed by atoms with Gasteiger partial charge in [-0.25, -0.2) is 0 Å². The van der Waals surface area contributed by atoms with Gasteiger partial charge in [-0.3, -0.25) is 20.7 Å². The molecule has 82 valence electrons. The van der Waals surface area contributed by atoms with Crippen molar-refractivity contribution in [1.82, 2.24) is 4.58 Å². The van der Waals surface area contributed by atoms with Gasteiger partial charge in [0, 0.05) is 17.9 Å². The van der Waals surface area contributed by atoms with Crippen LogP contribution in [0.3, 0.4) is 0 Å². The minimum Gasteiger partial charge on any atom is -0.286 e. The lowest BCUT2D eigenvalue weighted by Crippen LogP contribution is -2.17. The van der Waals surface area contributed by atoms with Gasteiger partial charge in [0.25, 0.3) is 5.69 Å². The van der Waals surface area contributed by atoms with Crippen LogP contribution < -0.4 is 5.43 Å². The zero-order chi connectivity index (χ0) is 11.4. The van der Waals surface area contributed by atoms with Crippen molar-refractivity contribution >= 4 is 23.3 Å². The van der Waals surface area contributed by atoms with Gasteiger partial charge in [-0.2, -0.15) is 0 Å². The molecule has 0 aromatic heterocycles. The molecule has 1 aromatic carbocycles. The third kappa shape index (κ3) is 3.08. The molecule has 0 aliphatic heterocycles. The number of nitrogens with one attached hydrogen (secondary N) is 1. The van der Waals surface area contributed by atoms with Gasteiger partial charge in [-0.1, -0.05) is 6.07 Å². The van der Waals surface area contributed by atoms with Crippen LogP contribution in [0, 0.1) is 17.0 Å². The summed E-state index contributed by atoms with van der Waals surface area (Å²) in [6, 6.07) is 4.64. The number of nitrogens with zero attached hydrogens (tertiary/aromatic N) is 2. The van der Waals surface area contributed by atoms with Gasteiger partial charge in [-0.15, -0.1) is 0 Å². The van der Waals surface area contributed by atoms with Gasteiger partial charge in [0.15, 0.2) is 0 Å². The molecule has 0 atom stereocenters. The van der Waals surface area contributed by atoms with Gasteiger partial charge in [-0.05, 0) is 29.5 Å². The molecular formula is C8H11N3O3S. The van der Waals surface area contributed by atoms with E-state index >= 15 is 0 Å². The lowest BCUT2D eigenvalue weighted by molar-refractivity contribution is -0.385. The molecule has 0 saturated heterocycles. The van der Waals surface area contributed by atoms with E-state index in [1.165, 1.54) is 6.07 Å². The summed E-state index contributed by atoms with van der Waals surface area (Å²) in [7, 11) is 0. The molecule has 0 amide bonds. The summed E-state index contributed by atoms with van der Waals surface area (Å²) < 4.78 is 0.772. The zero-order valence-electron chi connectivity index (χ0n) is 8.30. The molecule has 0 fully saturated rings. The molecule has 6 nitrogen and oxygen atoms in total. The molecule has 1 aromatic rings. The highest BCUT2D eigenvalue weighted by Gasteiger charge is 2.11. The topological polar surface area (TPSA) is 78.6 Å². The third-order valence-electron chi connectivity index (χ3n) is 1.80. The van der Waals surface area contributed by atoms with Crippen molar-refractivity contribution in [2.75, 3.05) is 11.7 Å². The van der Waals surface area contributed by atoms with E-state index in [1.807, 2.05) is 0 Å². The Balaban J connectivity index is 2.92. The number of nitro groups is 1. The number of nitro benzene ring substituents is 1. The van der Waals surface area contributed by atoms with Crippen LogP contribution in [0.5, 0.6) is 0 Å². The Bertz CT molecular complexity index is 372. The molecule has 0 aliphatic rings. The highest BCUT2D eigenvalue weighted by Crippen LogP contribution is 2.22. The van der Waals surface area contributed by atoms with Gasteiger partial charge < -0.3 is 0 Å². The highest BCUT2D eigenvalue weighted by molar-refractivity contribution is 7.96. The van der Waals surface area contributed by atoms with Crippen LogP contribution in [0.1, 0.15) is 5.56 Å². The number of anilines is 1. The Morgan fingerprint density at radius 1 is 1.60 bits per heavy atom. The SMILES string of the molecule is CSN(O)Nc1ccc(C)c([N+](=O)[O-])c1. The number of benzene rings is 1. The molecule has 0 unspecified atom stereocenters. The smallest absolute Gasteiger partial charge is 0.274 e. The van der Waals surface area contributed by atoms with E-state index in [2.05, 4.69) is 5.43 Å². The van der Waals surface area contributed by atoms with Crippen molar-refractivity contribution < 1.29 is 10.1 Å². The average Bonchev–Trinajstić information content (AvgIpc) is 2.20. The standard InChI is InChI=1S/C8H11N3O3S/c1-6-3-4-7(9-11(14)15-2)5-8(6)10(12)13/h3-5,9,14H,1-2H3. The lowest BCUT2D eigenvalue weighted by atomic mass is 10.2. The summed E-state index contributed by atoms with van der Waals surface area (Å²) in [4.78, 5) is 10.2. The van der Waals surface area contributed by atoms with Crippen LogP contribution in [0.25, 0.3) is 0 Å². The normalized spacial score (nSPS) is 10.4. The fourth-order valence-electron chi connectivity index (χ4n) is 1.03. The largest absolute Gasteiger partial charge is 0.286 e. The Labute approximate surface area is 91.1 Å². The summed E-state index contributed by atoms with van der Waals surface area (Å²) in [5, 5.41) is 19.8. The third-order valence-corrected chi connectivity index (χ3v) is 2.24. The van der Waals surface area contributed by atoms with Gasteiger partial charge in [0.05, 0.1) is 10.6 Å². The van der Waals surface area contributed by atoms with E-state index in [9.17, 15) is 10.1 Å². The van der Waals surface area contributed by atoms with Crippen LogP contribution >= 0.6 is 11.9 Å². The molecule has 0 bridgehead atoms. The summed E-state index contributed by atoms with van der Waals surface area (Å²) in [5.74, 6) is 0. The Kier molecular flexibility index (Phi) is 3.89. The second-order valence-corrected chi connectivity index (χ2v) is 3.54. The Morgan fingerprint density at radius 3 is 2.80 bits per heavy atom. The number of hydrogen-bond acceptors (Lipinski definition) is 6. The quantitative estimate of drug-likeness (QED) is 0.468. The van der Waals surface area contributed by atoms with Crippen molar-refractivity contribution in [2.45, 2.75) is 6.92 Å². The number of rotatable bonds is 4. The fourth-order valence-corrected chi connectivity index (χ4v) is 1.23. The van der Waals surface area contributed by atoms with Crippen molar-refractivity contribution in [3.8, 4) is 0 Å². The predicted octanol–water partition coefficient (Wildman–Crippen LogP) is 2.20. The van der Waals surface area contributed by atoms with Crippen molar-refractivity contribution in [1.29, 1.82) is 0 Å². The first-order chi connectivity index (χ1) is 7.04. The Morgan fingerprint density at radius 2 is 2.27 bits per heavy atom. The van der Waals surface area contributed by atoms with Crippen LogP contribution in [0.4, 0.5) is 11.4 Å². The average molecular weight is 229 g/mol. The van der Waals surface area contributed by atoms with Crippen molar-refractivity contribution in [3.63, 3.8) is 0 Å². The summed E-state index contributed by atoms with van der Waals surface area (Å²) in [5.41, 5.74) is 3.63. The molecule has 1 rings (SSSR count). The zero-order valence-corrected chi connectivity index (χ0v) is 9.11. The summed E-state index contributed by atoms with van der Waals surface area (Å²) in [6.45, 7) is 1.66. The number of hydrazine groups is 1. The monoisotopic (exact) mass is 229 g/mol.